The average Bonchev–Trinajstić information content (AvgIpc) is 2.74. The SMILES string of the molecule is COc1cc(CNCCCN2CCOCC2)cc(Br)c1OCc1ccc(Cl)cc1Cl.Cl.Cl. The zero-order chi connectivity index (χ0) is 21.3. The fraction of sp³-hybridized carbons (Fsp3) is 0.455. The zero-order valence-corrected chi connectivity index (χ0v) is 22.6. The Morgan fingerprint density at radius 2 is 1.88 bits per heavy atom. The van der Waals surface area contributed by atoms with E-state index in [1.165, 1.54) is 0 Å². The van der Waals surface area contributed by atoms with Crippen molar-refractivity contribution in [3.8, 4) is 11.5 Å². The molecule has 0 bridgehead atoms. The van der Waals surface area contributed by atoms with E-state index >= 15 is 0 Å². The van der Waals surface area contributed by atoms with Crippen LogP contribution >= 0.6 is 63.9 Å². The van der Waals surface area contributed by atoms with Crippen LogP contribution in [-0.2, 0) is 17.9 Å². The third kappa shape index (κ3) is 9.07. The summed E-state index contributed by atoms with van der Waals surface area (Å²) in [5.41, 5.74) is 1.99. The topological polar surface area (TPSA) is 43.0 Å². The van der Waals surface area contributed by atoms with E-state index < -0.39 is 0 Å². The van der Waals surface area contributed by atoms with E-state index in [4.69, 9.17) is 37.4 Å². The Morgan fingerprint density at radius 1 is 1.12 bits per heavy atom. The van der Waals surface area contributed by atoms with Gasteiger partial charge in [0.25, 0.3) is 0 Å². The number of benzene rings is 2. The van der Waals surface area contributed by atoms with Gasteiger partial charge >= 0.3 is 0 Å². The number of nitrogens with zero attached hydrogens (tertiary/aromatic N) is 1. The molecular formula is C22H29BrCl4N2O3. The van der Waals surface area contributed by atoms with Crippen molar-refractivity contribution in [2.24, 2.45) is 0 Å². The molecule has 0 atom stereocenters. The molecule has 1 fully saturated rings. The molecule has 0 aliphatic carbocycles. The highest BCUT2D eigenvalue weighted by atomic mass is 79.9. The number of rotatable bonds is 10. The van der Waals surface area contributed by atoms with Crippen molar-refractivity contribution in [2.75, 3.05) is 46.5 Å². The molecule has 1 heterocycles. The number of halogens is 5. The Hall–Kier alpha value is -0.440. The van der Waals surface area contributed by atoms with Crippen LogP contribution in [0.15, 0.2) is 34.8 Å². The number of hydrogen-bond acceptors (Lipinski definition) is 5. The minimum Gasteiger partial charge on any atom is -0.493 e. The highest BCUT2D eigenvalue weighted by molar-refractivity contribution is 9.10. The first-order valence-corrected chi connectivity index (χ1v) is 11.6. The van der Waals surface area contributed by atoms with Crippen LogP contribution in [-0.4, -0.2) is 51.4 Å². The third-order valence-corrected chi connectivity index (χ3v) is 6.11. The molecule has 2 aromatic carbocycles. The van der Waals surface area contributed by atoms with E-state index in [2.05, 4.69) is 32.2 Å². The fourth-order valence-corrected chi connectivity index (χ4v) is 4.36. The van der Waals surface area contributed by atoms with Crippen LogP contribution in [0.2, 0.25) is 10.0 Å². The highest BCUT2D eigenvalue weighted by Crippen LogP contribution is 2.37. The first-order valence-electron chi connectivity index (χ1n) is 10.0. The predicted molar refractivity (Wildman–Crippen MR) is 140 cm³/mol. The summed E-state index contributed by atoms with van der Waals surface area (Å²) in [7, 11) is 1.64. The molecule has 1 saturated heterocycles. The van der Waals surface area contributed by atoms with Crippen LogP contribution in [0, 0.1) is 0 Å². The summed E-state index contributed by atoms with van der Waals surface area (Å²) in [6.45, 7) is 6.92. The van der Waals surface area contributed by atoms with Crippen molar-refractivity contribution >= 4 is 63.9 Å². The second-order valence-corrected chi connectivity index (χ2v) is 8.82. The van der Waals surface area contributed by atoms with E-state index in [1.54, 1.807) is 19.2 Å². The molecule has 0 amide bonds. The second-order valence-electron chi connectivity index (χ2n) is 7.12. The summed E-state index contributed by atoms with van der Waals surface area (Å²) in [4.78, 5) is 2.45. The van der Waals surface area contributed by atoms with Gasteiger partial charge in [-0.1, -0.05) is 29.3 Å². The lowest BCUT2D eigenvalue weighted by molar-refractivity contribution is 0.0374. The Morgan fingerprint density at radius 3 is 2.56 bits per heavy atom. The van der Waals surface area contributed by atoms with Crippen molar-refractivity contribution < 1.29 is 14.2 Å². The van der Waals surface area contributed by atoms with Crippen LogP contribution in [0.1, 0.15) is 17.5 Å². The summed E-state index contributed by atoms with van der Waals surface area (Å²) in [6.07, 6.45) is 1.11. The highest BCUT2D eigenvalue weighted by Gasteiger charge is 2.13. The van der Waals surface area contributed by atoms with Crippen LogP contribution < -0.4 is 14.8 Å². The molecule has 0 saturated carbocycles. The van der Waals surface area contributed by atoms with Gasteiger partial charge in [-0.05, 0) is 65.3 Å². The first kappa shape index (κ1) is 29.6. The molecule has 0 aromatic heterocycles. The zero-order valence-electron chi connectivity index (χ0n) is 17.9. The van der Waals surface area contributed by atoms with Crippen LogP contribution in [0.3, 0.4) is 0 Å². The number of methoxy groups -OCH3 is 1. The van der Waals surface area contributed by atoms with Gasteiger partial charge in [-0.15, -0.1) is 24.8 Å². The normalized spacial score (nSPS) is 13.8. The lowest BCUT2D eigenvalue weighted by Gasteiger charge is -2.26. The van der Waals surface area contributed by atoms with Gasteiger partial charge in [0.15, 0.2) is 11.5 Å². The molecule has 0 spiro atoms. The van der Waals surface area contributed by atoms with Gasteiger partial charge in [0.05, 0.1) is 24.8 Å². The first-order chi connectivity index (χ1) is 14.6. The lowest BCUT2D eigenvalue weighted by Crippen LogP contribution is -2.37. The van der Waals surface area contributed by atoms with Crippen LogP contribution in [0.4, 0.5) is 0 Å². The fourth-order valence-electron chi connectivity index (χ4n) is 3.29. The van der Waals surface area contributed by atoms with Crippen molar-refractivity contribution in [2.45, 2.75) is 19.6 Å². The Bertz CT molecular complexity index is 839. The second kappa shape index (κ2) is 15.5. The quantitative estimate of drug-likeness (QED) is 0.344. The van der Waals surface area contributed by atoms with E-state index in [9.17, 15) is 0 Å². The summed E-state index contributed by atoms with van der Waals surface area (Å²) in [6, 6.07) is 9.42. The maximum atomic E-state index is 6.24. The van der Waals surface area contributed by atoms with Crippen LogP contribution in [0.25, 0.3) is 0 Å². The number of morpholine rings is 1. The number of nitrogens with one attached hydrogen (secondary N) is 1. The largest absolute Gasteiger partial charge is 0.493 e. The monoisotopic (exact) mass is 588 g/mol. The van der Waals surface area contributed by atoms with Crippen LogP contribution in [0.5, 0.6) is 11.5 Å². The maximum absolute atomic E-state index is 6.24. The van der Waals surface area contributed by atoms with Gasteiger partial charge in [0.1, 0.15) is 6.61 Å². The summed E-state index contributed by atoms with van der Waals surface area (Å²) < 4.78 is 17.8. The van der Waals surface area contributed by atoms with Gasteiger partial charge in [-0.25, -0.2) is 0 Å². The Balaban J connectivity index is 0.00000256. The average molecular weight is 591 g/mol. The molecule has 1 N–H and O–H groups in total. The molecule has 10 heteroatoms. The molecule has 1 aliphatic heterocycles. The van der Waals surface area contributed by atoms with Gasteiger partial charge in [-0.3, -0.25) is 4.90 Å². The van der Waals surface area contributed by atoms with Crippen molar-refractivity contribution in [3.63, 3.8) is 0 Å². The predicted octanol–water partition coefficient (Wildman–Crippen LogP) is 6.00. The molecule has 3 rings (SSSR count). The number of hydrogen-bond donors (Lipinski definition) is 1. The Labute approximate surface area is 221 Å². The van der Waals surface area contributed by atoms with Crippen molar-refractivity contribution in [1.82, 2.24) is 10.2 Å². The van der Waals surface area contributed by atoms with E-state index in [0.29, 0.717) is 28.2 Å². The molecular weight excluding hydrogens is 562 g/mol. The number of ether oxygens (including phenoxy) is 3. The lowest BCUT2D eigenvalue weighted by atomic mass is 10.2. The van der Waals surface area contributed by atoms with Gasteiger partial charge in [0.2, 0.25) is 0 Å². The van der Waals surface area contributed by atoms with Crippen molar-refractivity contribution in [1.29, 1.82) is 0 Å². The van der Waals surface area contributed by atoms with Crippen molar-refractivity contribution in [3.05, 3.63) is 56.0 Å². The minimum atomic E-state index is 0. The molecule has 2 aromatic rings. The summed E-state index contributed by atoms with van der Waals surface area (Å²) in [5, 5.41) is 4.69. The molecule has 180 valence electrons. The smallest absolute Gasteiger partial charge is 0.175 e. The van der Waals surface area contributed by atoms with Gasteiger partial charge in [0, 0.05) is 35.2 Å². The molecule has 0 unspecified atom stereocenters. The third-order valence-electron chi connectivity index (χ3n) is 4.94. The molecule has 0 radical (unpaired) electrons. The molecule has 5 nitrogen and oxygen atoms in total. The summed E-state index contributed by atoms with van der Waals surface area (Å²) >= 11 is 15.8. The standard InChI is InChI=1S/C22H27BrCl2N2O3.2ClH/c1-28-21-12-16(14-26-5-2-6-27-7-9-29-10-8-27)11-19(23)22(21)30-15-17-3-4-18(24)13-20(17)25;;/h3-4,11-13,26H,2,5-10,14-15H2,1H3;2*1H. The molecule has 32 heavy (non-hydrogen) atoms. The maximum Gasteiger partial charge on any atom is 0.175 e. The van der Waals surface area contributed by atoms with Gasteiger partial charge < -0.3 is 19.5 Å². The van der Waals surface area contributed by atoms with Gasteiger partial charge in [-0.2, -0.15) is 0 Å². The molecule has 1 aliphatic rings. The summed E-state index contributed by atoms with van der Waals surface area (Å²) in [5.74, 6) is 1.33. The minimum absolute atomic E-state index is 0. The van der Waals surface area contributed by atoms with E-state index in [0.717, 1.165) is 68.0 Å². The van der Waals surface area contributed by atoms with E-state index in [-0.39, 0.29) is 24.8 Å². The Kier molecular flexibility index (Phi) is 14.3. The van der Waals surface area contributed by atoms with E-state index in [1.807, 2.05) is 12.1 Å².